The Balaban J connectivity index is 1.75. The van der Waals surface area contributed by atoms with E-state index in [-0.39, 0.29) is 5.41 Å². The molecule has 0 saturated carbocycles. The van der Waals surface area contributed by atoms with Gasteiger partial charge in [0.1, 0.15) is 5.01 Å². The van der Waals surface area contributed by atoms with E-state index in [4.69, 9.17) is 0 Å². The number of aromatic nitrogens is 4. The lowest BCUT2D eigenvalue weighted by atomic mass is 9.93. The number of hydrogen-bond donors (Lipinski definition) is 1. The minimum absolute atomic E-state index is 0.134. The quantitative estimate of drug-likeness (QED) is 0.838. The molecule has 0 fully saturated rings. The Hall–Kier alpha value is -1.27. The molecule has 0 saturated heterocycles. The first-order chi connectivity index (χ1) is 8.55. The molecule has 0 radical (unpaired) electrons. The average molecular weight is 265 g/mol. The van der Waals surface area contributed by atoms with Crippen molar-refractivity contribution in [2.24, 2.45) is 0 Å². The standard InChI is InChI=1S/C12H19N5S/c1-12(2,3)10-9-18-11(15-10)8-13-4-6-17-7-5-14-16-17/h5,7,9,13H,4,6,8H2,1-3H3. The molecule has 2 heterocycles. The lowest BCUT2D eigenvalue weighted by Crippen LogP contribution is -2.20. The van der Waals surface area contributed by atoms with Crippen molar-refractivity contribution in [1.29, 1.82) is 0 Å². The van der Waals surface area contributed by atoms with Crippen molar-refractivity contribution < 1.29 is 0 Å². The molecule has 18 heavy (non-hydrogen) atoms. The zero-order valence-electron chi connectivity index (χ0n) is 11.1. The van der Waals surface area contributed by atoms with Gasteiger partial charge in [0.2, 0.25) is 0 Å². The molecule has 0 aliphatic rings. The van der Waals surface area contributed by atoms with Crippen LogP contribution in [0.4, 0.5) is 0 Å². The van der Waals surface area contributed by atoms with Gasteiger partial charge in [-0.3, -0.25) is 4.68 Å². The van der Waals surface area contributed by atoms with E-state index in [1.807, 2.05) is 10.9 Å². The van der Waals surface area contributed by atoms with Gasteiger partial charge in [-0.1, -0.05) is 26.0 Å². The Kier molecular flexibility index (Phi) is 4.08. The van der Waals surface area contributed by atoms with Crippen LogP contribution < -0.4 is 5.32 Å². The molecule has 6 heteroatoms. The van der Waals surface area contributed by atoms with Crippen LogP contribution in [0.3, 0.4) is 0 Å². The molecule has 2 aromatic rings. The van der Waals surface area contributed by atoms with Crippen molar-refractivity contribution in [3.63, 3.8) is 0 Å². The van der Waals surface area contributed by atoms with E-state index in [0.29, 0.717) is 0 Å². The van der Waals surface area contributed by atoms with Gasteiger partial charge >= 0.3 is 0 Å². The highest BCUT2D eigenvalue weighted by Crippen LogP contribution is 2.23. The lowest BCUT2D eigenvalue weighted by molar-refractivity contribution is 0.536. The third-order valence-electron chi connectivity index (χ3n) is 2.59. The zero-order chi connectivity index (χ0) is 13.0. The summed E-state index contributed by atoms with van der Waals surface area (Å²) in [6.45, 7) is 9.07. The van der Waals surface area contributed by atoms with Crippen LogP contribution in [0.25, 0.3) is 0 Å². The average Bonchev–Trinajstić information content (AvgIpc) is 2.95. The van der Waals surface area contributed by atoms with Crippen LogP contribution in [0.5, 0.6) is 0 Å². The van der Waals surface area contributed by atoms with E-state index >= 15 is 0 Å². The van der Waals surface area contributed by atoms with E-state index in [1.54, 1.807) is 17.5 Å². The second kappa shape index (κ2) is 5.58. The summed E-state index contributed by atoms with van der Waals surface area (Å²) in [5.74, 6) is 0. The molecule has 0 amide bonds. The fourth-order valence-electron chi connectivity index (χ4n) is 1.48. The maximum Gasteiger partial charge on any atom is 0.107 e. The van der Waals surface area contributed by atoms with Crippen molar-refractivity contribution in [3.05, 3.63) is 28.5 Å². The number of nitrogens with zero attached hydrogens (tertiary/aromatic N) is 4. The van der Waals surface area contributed by atoms with Crippen LogP contribution in [0, 0.1) is 0 Å². The maximum atomic E-state index is 4.64. The summed E-state index contributed by atoms with van der Waals surface area (Å²) in [4.78, 5) is 4.64. The topological polar surface area (TPSA) is 55.6 Å². The molecule has 0 spiro atoms. The second-order valence-corrected chi connectivity index (χ2v) is 6.16. The molecule has 1 N–H and O–H groups in total. The molecule has 2 rings (SSSR count). The molecule has 5 nitrogen and oxygen atoms in total. The number of thiazole rings is 1. The largest absolute Gasteiger partial charge is 0.309 e. The molecule has 0 atom stereocenters. The Morgan fingerprint density at radius 2 is 2.22 bits per heavy atom. The minimum atomic E-state index is 0.134. The van der Waals surface area contributed by atoms with Crippen LogP contribution in [0.15, 0.2) is 17.8 Å². The Morgan fingerprint density at radius 3 is 2.83 bits per heavy atom. The molecular weight excluding hydrogens is 246 g/mol. The smallest absolute Gasteiger partial charge is 0.107 e. The van der Waals surface area contributed by atoms with Gasteiger partial charge in [0.05, 0.1) is 18.4 Å². The van der Waals surface area contributed by atoms with Gasteiger partial charge < -0.3 is 5.32 Å². The fourth-order valence-corrected chi connectivity index (χ4v) is 2.47. The fraction of sp³-hybridized carbons (Fsp3) is 0.583. The summed E-state index contributed by atoms with van der Waals surface area (Å²) >= 11 is 1.72. The van der Waals surface area contributed by atoms with Gasteiger partial charge in [0.25, 0.3) is 0 Å². The number of hydrogen-bond acceptors (Lipinski definition) is 5. The van der Waals surface area contributed by atoms with E-state index in [1.165, 1.54) is 5.69 Å². The molecule has 98 valence electrons. The SMILES string of the molecule is CC(C)(C)c1csc(CNCCn2ccnn2)n1. The minimum Gasteiger partial charge on any atom is -0.309 e. The highest BCUT2D eigenvalue weighted by atomic mass is 32.1. The van der Waals surface area contributed by atoms with Gasteiger partial charge in [-0.05, 0) is 0 Å². The predicted octanol–water partition coefficient (Wildman–Crippen LogP) is 1.82. The van der Waals surface area contributed by atoms with Crippen molar-refractivity contribution in [1.82, 2.24) is 25.3 Å². The first-order valence-corrected chi connectivity index (χ1v) is 6.93. The third kappa shape index (κ3) is 3.61. The van der Waals surface area contributed by atoms with Gasteiger partial charge in [-0.25, -0.2) is 4.98 Å². The zero-order valence-corrected chi connectivity index (χ0v) is 11.9. The van der Waals surface area contributed by atoms with Gasteiger partial charge in [-0.2, -0.15) is 0 Å². The second-order valence-electron chi connectivity index (χ2n) is 5.22. The molecule has 0 aliphatic heterocycles. The van der Waals surface area contributed by atoms with Crippen molar-refractivity contribution in [3.8, 4) is 0 Å². The molecule has 0 bridgehead atoms. The van der Waals surface area contributed by atoms with E-state index in [2.05, 4.69) is 46.8 Å². The van der Waals surface area contributed by atoms with Crippen molar-refractivity contribution in [2.75, 3.05) is 6.54 Å². The first kappa shape index (κ1) is 13.2. The summed E-state index contributed by atoms with van der Waals surface area (Å²) in [6, 6.07) is 0. The highest BCUT2D eigenvalue weighted by Gasteiger charge is 2.16. The van der Waals surface area contributed by atoms with Crippen molar-refractivity contribution in [2.45, 2.75) is 39.3 Å². The van der Waals surface area contributed by atoms with Gasteiger partial charge in [0.15, 0.2) is 0 Å². The summed E-state index contributed by atoms with van der Waals surface area (Å²) in [5.41, 5.74) is 1.30. The summed E-state index contributed by atoms with van der Waals surface area (Å²) in [7, 11) is 0. The predicted molar refractivity (Wildman–Crippen MR) is 72.5 cm³/mol. The van der Waals surface area contributed by atoms with Crippen LogP contribution >= 0.6 is 11.3 Å². The first-order valence-electron chi connectivity index (χ1n) is 6.05. The summed E-state index contributed by atoms with van der Waals surface area (Å²) < 4.78 is 1.81. The molecule has 0 unspecified atom stereocenters. The summed E-state index contributed by atoms with van der Waals surface area (Å²) in [5, 5.41) is 14.3. The van der Waals surface area contributed by atoms with Crippen LogP contribution in [-0.4, -0.2) is 26.5 Å². The molecule has 0 aromatic carbocycles. The third-order valence-corrected chi connectivity index (χ3v) is 3.43. The molecular formula is C12H19N5S. The van der Waals surface area contributed by atoms with E-state index < -0.39 is 0 Å². The Labute approximate surface area is 111 Å². The lowest BCUT2D eigenvalue weighted by Gasteiger charge is -2.14. The monoisotopic (exact) mass is 265 g/mol. The van der Waals surface area contributed by atoms with Crippen LogP contribution in [0.2, 0.25) is 0 Å². The van der Waals surface area contributed by atoms with Crippen LogP contribution in [-0.2, 0) is 18.5 Å². The Morgan fingerprint density at radius 1 is 1.39 bits per heavy atom. The number of nitrogens with one attached hydrogen (secondary N) is 1. The van der Waals surface area contributed by atoms with Gasteiger partial charge in [-0.15, -0.1) is 16.4 Å². The highest BCUT2D eigenvalue weighted by molar-refractivity contribution is 7.09. The van der Waals surface area contributed by atoms with E-state index in [9.17, 15) is 0 Å². The van der Waals surface area contributed by atoms with Gasteiger partial charge in [0, 0.05) is 30.1 Å². The molecule has 0 aliphatic carbocycles. The normalized spacial score (nSPS) is 11.9. The van der Waals surface area contributed by atoms with Crippen LogP contribution in [0.1, 0.15) is 31.5 Å². The maximum absolute atomic E-state index is 4.64. The number of rotatable bonds is 5. The molecule has 2 aromatic heterocycles. The van der Waals surface area contributed by atoms with E-state index in [0.717, 1.165) is 24.6 Å². The Bertz CT molecular complexity index is 469. The summed E-state index contributed by atoms with van der Waals surface area (Å²) in [6.07, 6.45) is 3.55. The van der Waals surface area contributed by atoms with Crippen molar-refractivity contribution >= 4 is 11.3 Å².